The van der Waals surface area contributed by atoms with Crippen LogP contribution in [-0.4, -0.2) is 49.0 Å². The van der Waals surface area contributed by atoms with Gasteiger partial charge in [0.2, 0.25) is 5.91 Å². The Kier molecular flexibility index (Phi) is 7.23. The molecule has 3 rings (SSSR count). The second-order valence-corrected chi connectivity index (χ2v) is 7.42. The van der Waals surface area contributed by atoms with Crippen LogP contribution in [-0.2, 0) is 11.2 Å². The molecule has 2 aromatic carbocycles. The molecule has 0 spiro atoms. The second kappa shape index (κ2) is 9.86. The number of halogens is 2. The third-order valence-corrected chi connectivity index (χ3v) is 5.08. The summed E-state index contributed by atoms with van der Waals surface area (Å²) in [6, 6.07) is 9.39. The standard InChI is InChI=1S/C22H26F2N2O4/c1-13(27)26-19(9-14-7-15(23)10-16(24)8-14)22(28)18-11-17(12-25-18)30-21-6-4-3-5-20(21)29-2/h3-8,10,17-19,22,25,28H,9,11-12H2,1-2H3,(H,26,27)/t17-,18-,19+,22-/m1/s1. The molecule has 1 saturated heterocycles. The van der Waals surface area contributed by atoms with Crippen LogP contribution in [0, 0.1) is 11.6 Å². The zero-order valence-electron chi connectivity index (χ0n) is 16.9. The molecule has 4 atom stereocenters. The third kappa shape index (κ3) is 5.67. The van der Waals surface area contributed by atoms with E-state index in [1.54, 1.807) is 19.2 Å². The fourth-order valence-electron chi connectivity index (χ4n) is 3.76. The van der Waals surface area contributed by atoms with Gasteiger partial charge >= 0.3 is 0 Å². The largest absolute Gasteiger partial charge is 0.493 e. The smallest absolute Gasteiger partial charge is 0.217 e. The molecule has 1 aliphatic heterocycles. The third-order valence-electron chi connectivity index (χ3n) is 5.08. The number of aliphatic hydroxyl groups is 1. The monoisotopic (exact) mass is 420 g/mol. The summed E-state index contributed by atoms with van der Waals surface area (Å²) in [7, 11) is 1.56. The Morgan fingerprint density at radius 1 is 1.23 bits per heavy atom. The first-order valence-corrected chi connectivity index (χ1v) is 9.79. The van der Waals surface area contributed by atoms with E-state index >= 15 is 0 Å². The van der Waals surface area contributed by atoms with E-state index in [-0.39, 0.29) is 24.5 Å². The number of nitrogens with one attached hydrogen (secondary N) is 2. The van der Waals surface area contributed by atoms with Crippen LogP contribution in [0.1, 0.15) is 18.9 Å². The normalized spacial score (nSPS) is 20.4. The SMILES string of the molecule is COc1ccccc1O[C@H]1CN[C@@H]([C@@H](O)[C@H](Cc2cc(F)cc(F)c2)NC(C)=O)C1. The molecular weight excluding hydrogens is 394 g/mol. The van der Waals surface area contributed by atoms with Crippen molar-refractivity contribution in [2.24, 2.45) is 0 Å². The van der Waals surface area contributed by atoms with E-state index in [9.17, 15) is 18.7 Å². The van der Waals surface area contributed by atoms with Crippen LogP contribution in [0.25, 0.3) is 0 Å². The zero-order valence-corrected chi connectivity index (χ0v) is 16.9. The van der Waals surface area contributed by atoms with Crippen LogP contribution in [0.15, 0.2) is 42.5 Å². The van der Waals surface area contributed by atoms with Gasteiger partial charge in [0.25, 0.3) is 0 Å². The van der Waals surface area contributed by atoms with Crippen LogP contribution in [0.3, 0.4) is 0 Å². The lowest BCUT2D eigenvalue weighted by atomic mass is 9.95. The Morgan fingerprint density at radius 3 is 2.53 bits per heavy atom. The number of amides is 1. The van der Waals surface area contributed by atoms with Gasteiger partial charge in [-0.1, -0.05) is 12.1 Å². The molecule has 0 aliphatic carbocycles. The lowest BCUT2D eigenvalue weighted by Gasteiger charge is -2.28. The predicted molar refractivity (Wildman–Crippen MR) is 107 cm³/mol. The van der Waals surface area contributed by atoms with Crippen LogP contribution in [0.2, 0.25) is 0 Å². The van der Waals surface area contributed by atoms with Gasteiger partial charge in [-0.3, -0.25) is 4.79 Å². The van der Waals surface area contributed by atoms with Crippen molar-refractivity contribution in [3.05, 3.63) is 59.7 Å². The molecule has 8 heteroatoms. The van der Waals surface area contributed by atoms with Gasteiger partial charge in [-0.25, -0.2) is 8.78 Å². The van der Waals surface area contributed by atoms with Crippen molar-refractivity contribution in [3.63, 3.8) is 0 Å². The Labute approximate surface area is 174 Å². The summed E-state index contributed by atoms with van der Waals surface area (Å²) in [6.45, 7) is 1.84. The molecule has 0 saturated carbocycles. The molecule has 1 aliphatic rings. The van der Waals surface area contributed by atoms with E-state index < -0.39 is 23.8 Å². The Hall–Kier alpha value is -2.71. The summed E-state index contributed by atoms with van der Waals surface area (Å²) in [6.07, 6.45) is -0.602. The first kappa shape index (κ1) is 22.0. The fraction of sp³-hybridized carbons (Fsp3) is 0.409. The predicted octanol–water partition coefficient (Wildman–Crippen LogP) is 2.19. The summed E-state index contributed by atoms with van der Waals surface area (Å²) < 4.78 is 38.4. The molecule has 0 radical (unpaired) electrons. The molecule has 0 unspecified atom stereocenters. The maximum absolute atomic E-state index is 13.5. The van der Waals surface area contributed by atoms with Gasteiger partial charge in [0.1, 0.15) is 17.7 Å². The van der Waals surface area contributed by atoms with Crippen molar-refractivity contribution < 1.29 is 28.2 Å². The molecule has 162 valence electrons. The van der Waals surface area contributed by atoms with E-state index in [4.69, 9.17) is 9.47 Å². The number of hydrogen-bond donors (Lipinski definition) is 3. The number of methoxy groups -OCH3 is 1. The molecule has 6 nitrogen and oxygen atoms in total. The molecule has 1 heterocycles. The Bertz CT molecular complexity index is 860. The molecule has 30 heavy (non-hydrogen) atoms. The van der Waals surface area contributed by atoms with Gasteiger partial charge in [-0.2, -0.15) is 0 Å². The molecule has 1 amide bonds. The minimum Gasteiger partial charge on any atom is -0.493 e. The zero-order chi connectivity index (χ0) is 21.7. The van der Waals surface area contributed by atoms with Gasteiger partial charge < -0.3 is 25.2 Å². The number of carbonyl (C=O) groups excluding carboxylic acids is 1. The summed E-state index contributed by atoms with van der Waals surface area (Å²) in [5.74, 6) is -0.521. The number of benzene rings is 2. The first-order chi connectivity index (χ1) is 14.4. The summed E-state index contributed by atoms with van der Waals surface area (Å²) in [5, 5.41) is 16.8. The number of para-hydroxylation sites is 2. The molecule has 0 aromatic heterocycles. The minimum atomic E-state index is -0.980. The molecular formula is C22H26F2N2O4. The molecule has 0 bridgehead atoms. The summed E-state index contributed by atoms with van der Waals surface area (Å²) in [5.41, 5.74) is 0.352. The van der Waals surface area contributed by atoms with Crippen LogP contribution < -0.4 is 20.1 Å². The van der Waals surface area contributed by atoms with Gasteiger partial charge in [0, 0.05) is 32.0 Å². The maximum Gasteiger partial charge on any atom is 0.217 e. The number of rotatable bonds is 8. The molecule has 1 fully saturated rings. The number of aliphatic hydroxyl groups excluding tert-OH is 1. The van der Waals surface area contributed by atoms with Crippen molar-refractivity contribution in [3.8, 4) is 11.5 Å². The molecule has 2 aromatic rings. The summed E-state index contributed by atoms with van der Waals surface area (Å²) in [4.78, 5) is 11.6. The Balaban J connectivity index is 1.67. The van der Waals surface area contributed by atoms with Crippen molar-refractivity contribution in [2.75, 3.05) is 13.7 Å². The highest BCUT2D eigenvalue weighted by atomic mass is 19.1. The van der Waals surface area contributed by atoms with Crippen molar-refractivity contribution in [1.29, 1.82) is 0 Å². The van der Waals surface area contributed by atoms with Crippen molar-refractivity contribution >= 4 is 5.91 Å². The van der Waals surface area contributed by atoms with Crippen LogP contribution in [0.4, 0.5) is 8.78 Å². The van der Waals surface area contributed by atoms with E-state index in [1.807, 2.05) is 12.1 Å². The number of ether oxygens (including phenoxy) is 2. The fourth-order valence-corrected chi connectivity index (χ4v) is 3.76. The average Bonchev–Trinajstić information content (AvgIpc) is 3.14. The summed E-state index contributed by atoms with van der Waals surface area (Å²) >= 11 is 0. The van der Waals surface area contributed by atoms with Crippen molar-refractivity contribution in [1.82, 2.24) is 10.6 Å². The molecule has 3 N–H and O–H groups in total. The highest BCUT2D eigenvalue weighted by molar-refractivity contribution is 5.73. The van der Waals surface area contributed by atoms with E-state index in [0.29, 0.717) is 30.0 Å². The van der Waals surface area contributed by atoms with E-state index in [1.165, 1.54) is 19.1 Å². The number of carbonyl (C=O) groups is 1. The highest BCUT2D eigenvalue weighted by Gasteiger charge is 2.35. The number of hydrogen-bond acceptors (Lipinski definition) is 5. The maximum atomic E-state index is 13.5. The lowest BCUT2D eigenvalue weighted by Crippen LogP contribution is -2.51. The van der Waals surface area contributed by atoms with Gasteiger partial charge in [0.05, 0.1) is 19.3 Å². The van der Waals surface area contributed by atoms with E-state index in [2.05, 4.69) is 10.6 Å². The second-order valence-electron chi connectivity index (χ2n) is 7.42. The van der Waals surface area contributed by atoms with Crippen LogP contribution in [0.5, 0.6) is 11.5 Å². The minimum absolute atomic E-state index is 0.0889. The van der Waals surface area contributed by atoms with Crippen molar-refractivity contribution in [2.45, 2.75) is 44.1 Å². The topological polar surface area (TPSA) is 79.8 Å². The van der Waals surface area contributed by atoms with Crippen LogP contribution >= 0.6 is 0 Å². The average molecular weight is 420 g/mol. The Morgan fingerprint density at radius 2 is 1.90 bits per heavy atom. The van der Waals surface area contributed by atoms with Gasteiger partial charge in [0.15, 0.2) is 11.5 Å². The van der Waals surface area contributed by atoms with Gasteiger partial charge in [-0.05, 0) is 36.2 Å². The lowest BCUT2D eigenvalue weighted by molar-refractivity contribution is -0.120. The van der Waals surface area contributed by atoms with Gasteiger partial charge in [-0.15, -0.1) is 0 Å². The highest BCUT2D eigenvalue weighted by Crippen LogP contribution is 2.29. The van der Waals surface area contributed by atoms with E-state index in [0.717, 1.165) is 6.07 Å². The quantitative estimate of drug-likeness (QED) is 0.610. The first-order valence-electron chi connectivity index (χ1n) is 9.79.